The first-order valence-corrected chi connectivity index (χ1v) is 4.24. The van der Waals surface area contributed by atoms with Crippen LogP contribution in [0.2, 0.25) is 0 Å². The van der Waals surface area contributed by atoms with Crippen LogP contribution >= 0.6 is 35.4 Å². The van der Waals surface area contributed by atoms with E-state index in [1.54, 1.807) is 0 Å². The smallest absolute Gasteiger partial charge is 0.208 e. The summed E-state index contributed by atoms with van der Waals surface area (Å²) in [5.41, 5.74) is 0.0422. The molecule has 0 saturated carbocycles. The van der Waals surface area contributed by atoms with E-state index in [1.807, 2.05) is 0 Å². The Morgan fingerprint density at radius 3 is 2.67 bits per heavy atom. The molecule has 0 saturated heterocycles. The normalized spacial score (nSPS) is 29.3. The molecule has 0 heterocycles. The van der Waals surface area contributed by atoms with Crippen molar-refractivity contribution in [1.82, 2.24) is 0 Å². The van der Waals surface area contributed by atoms with E-state index in [0.29, 0.717) is 0 Å². The Labute approximate surface area is 83.8 Å². The molecular weight excluding hydrogens is 225 g/mol. The van der Waals surface area contributed by atoms with Crippen molar-refractivity contribution in [3.05, 3.63) is 23.6 Å². The van der Waals surface area contributed by atoms with Crippen molar-refractivity contribution in [2.75, 3.05) is 0 Å². The minimum atomic E-state index is -2.14. The Morgan fingerprint density at radius 2 is 2.25 bits per heavy atom. The molecule has 1 aliphatic carbocycles. The Morgan fingerprint density at radius 1 is 1.67 bits per heavy atom. The van der Waals surface area contributed by atoms with Crippen molar-refractivity contribution < 1.29 is 8.78 Å². The lowest BCUT2D eigenvalue weighted by Crippen LogP contribution is -2.15. The summed E-state index contributed by atoms with van der Waals surface area (Å²) < 4.78 is 25.7. The van der Waals surface area contributed by atoms with Gasteiger partial charge in [-0.05, 0) is 12.2 Å². The third-order valence-corrected chi connectivity index (χ3v) is 2.07. The number of alkyl halides is 2. The van der Waals surface area contributed by atoms with Crippen molar-refractivity contribution in [2.24, 2.45) is 0 Å². The lowest BCUT2D eigenvalue weighted by atomic mass is 10.1. The van der Waals surface area contributed by atoms with Gasteiger partial charge in [0.25, 0.3) is 0 Å². The quantitative estimate of drug-likeness (QED) is 0.375. The summed E-state index contributed by atoms with van der Waals surface area (Å²) in [5, 5.41) is -2.14. The Balaban J connectivity index is 2.95. The van der Waals surface area contributed by atoms with Crippen molar-refractivity contribution in [1.29, 1.82) is 0 Å². The van der Waals surface area contributed by atoms with E-state index < -0.39 is 17.4 Å². The minimum absolute atomic E-state index is 0.0422. The third-order valence-electron chi connectivity index (χ3n) is 1.39. The highest BCUT2D eigenvalue weighted by atomic mass is 35.5. The molecule has 0 bridgehead atoms. The Hall–Kier alpha value is 0.01000. The summed E-state index contributed by atoms with van der Waals surface area (Å²) in [6, 6.07) is 0. The summed E-state index contributed by atoms with van der Waals surface area (Å²) >= 11 is 15.1. The molecule has 0 radical (unpaired) electrons. The van der Waals surface area contributed by atoms with Gasteiger partial charge in [0, 0.05) is 5.57 Å². The zero-order chi connectivity index (χ0) is 9.35. The van der Waals surface area contributed by atoms with Gasteiger partial charge in [-0.3, -0.25) is 0 Å². The third kappa shape index (κ3) is 2.25. The molecule has 5 heteroatoms. The highest BCUT2D eigenvalue weighted by Crippen LogP contribution is 2.35. The van der Waals surface area contributed by atoms with Gasteiger partial charge in [0.15, 0.2) is 0 Å². The van der Waals surface area contributed by atoms with Gasteiger partial charge in [0.1, 0.15) is 10.2 Å². The first-order chi connectivity index (χ1) is 5.42. The van der Waals surface area contributed by atoms with E-state index in [4.69, 9.17) is 23.2 Å². The number of thiocarbonyl (C=S) groups is 1. The lowest BCUT2D eigenvalue weighted by Gasteiger charge is -2.17. The maximum absolute atomic E-state index is 12.9. The van der Waals surface area contributed by atoms with E-state index in [2.05, 4.69) is 12.2 Å². The monoisotopic (exact) mass is 228 g/mol. The molecule has 0 nitrogen and oxygen atoms in total. The van der Waals surface area contributed by atoms with Crippen molar-refractivity contribution >= 4 is 39.7 Å². The van der Waals surface area contributed by atoms with Crippen molar-refractivity contribution in [2.45, 2.75) is 11.5 Å². The number of hydrogen-bond donors (Lipinski definition) is 0. The maximum atomic E-state index is 12.9. The second-order valence-corrected chi connectivity index (χ2v) is 4.00. The molecule has 0 aromatic heterocycles. The van der Waals surface area contributed by atoms with E-state index >= 15 is 0 Å². The number of halogens is 4. The van der Waals surface area contributed by atoms with Crippen LogP contribution in [0.4, 0.5) is 8.78 Å². The van der Waals surface area contributed by atoms with Crippen molar-refractivity contribution in [3.63, 3.8) is 0 Å². The Bertz CT molecular complexity index is 281. The van der Waals surface area contributed by atoms with Gasteiger partial charge in [0.05, 0.1) is 6.42 Å². The fourth-order valence-electron chi connectivity index (χ4n) is 0.829. The maximum Gasteiger partial charge on any atom is 0.208 e. The summed E-state index contributed by atoms with van der Waals surface area (Å²) in [6.07, 6.45) is 1.66. The topological polar surface area (TPSA) is 0 Å². The van der Waals surface area contributed by atoms with Crippen molar-refractivity contribution in [3.8, 4) is 0 Å². The van der Waals surface area contributed by atoms with Gasteiger partial charge in [-0.15, -0.1) is 0 Å². The molecule has 1 aliphatic rings. The van der Waals surface area contributed by atoms with Crippen LogP contribution in [-0.2, 0) is 0 Å². The number of hydrogen-bond acceptors (Lipinski definition) is 1. The second-order valence-electron chi connectivity index (χ2n) is 2.36. The number of allylic oxidation sites excluding steroid dienone is 4. The van der Waals surface area contributed by atoms with Crippen LogP contribution in [0.5, 0.6) is 0 Å². The van der Waals surface area contributed by atoms with E-state index in [1.165, 1.54) is 0 Å². The molecule has 0 aromatic carbocycles. The molecule has 0 amide bonds. The van der Waals surface area contributed by atoms with Crippen LogP contribution in [0.15, 0.2) is 23.6 Å². The molecule has 0 N–H and O–H groups in total. The van der Waals surface area contributed by atoms with E-state index in [0.717, 1.165) is 12.2 Å². The highest BCUT2D eigenvalue weighted by molar-refractivity contribution is 7.83. The summed E-state index contributed by atoms with van der Waals surface area (Å²) in [4.78, 5) is 0. The fraction of sp³-hybridized carbons (Fsp3) is 0.286. The fourth-order valence-corrected chi connectivity index (χ4v) is 1.35. The minimum Gasteiger partial charge on any atom is -0.221 e. The first-order valence-electron chi connectivity index (χ1n) is 3.08. The highest BCUT2D eigenvalue weighted by Gasteiger charge is 2.30. The molecule has 1 atom stereocenters. The van der Waals surface area contributed by atoms with Gasteiger partial charge >= 0.3 is 0 Å². The second kappa shape index (κ2) is 3.40. The number of rotatable bonds is 1. The van der Waals surface area contributed by atoms with Gasteiger partial charge in [-0.1, -0.05) is 35.4 Å². The molecule has 0 spiro atoms. The average molecular weight is 229 g/mol. The lowest BCUT2D eigenvalue weighted by molar-refractivity contribution is 0.319. The largest absolute Gasteiger partial charge is 0.221 e. The molecule has 12 heavy (non-hydrogen) atoms. The first kappa shape index (κ1) is 10.1. The molecule has 0 aromatic rings. The zero-order valence-electron chi connectivity index (χ0n) is 5.78. The summed E-state index contributed by atoms with van der Waals surface area (Å²) in [6.45, 7) is 0. The summed E-state index contributed by atoms with van der Waals surface area (Å²) in [5.74, 6) is -0.713. The van der Waals surface area contributed by atoms with E-state index in [-0.39, 0.29) is 9.90 Å². The molecular formula is C7H4Cl2F2S. The van der Waals surface area contributed by atoms with Crippen LogP contribution in [-0.4, -0.2) is 9.45 Å². The summed E-state index contributed by atoms with van der Waals surface area (Å²) in [7, 11) is 0. The zero-order valence-corrected chi connectivity index (χ0v) is 8.11. The van der Waals surface area contributed by atoms with Gasteiger partial charge in [-0.2, -0.15) is 0 Å². The van der Waals surface area contributed by atoms with Gasteiger partial charge in [-0.25, -0.2) is 8.78 Å². The SMILES string of the molecule is FC1=C(C(=S)Cl)C=CC(F)(Cl)C1. The predicted molar refractivity (Wildman–Crippen MR) is 50.0 cm³/mol. The van der Waals surface area contributed by atoms with Gasteiger partial charge < -0.3 is 0 Å². The van der Waals surface area contributed by atoms with Gasteiger partial charge in [0.2, 0.25) is 5.13 Å². The average Bonchev–Trinajstić information content (AvgIpc) is 1.83. The predicted octanol–water partition coefficient (Wildman–Crippen LogP) is 3.64. The van der Waals surface area contributed by atoms with Crippen LogP contribution in [0, 0.1) is 0 Å². The van der Waals surface area contributed by atoms with E-state index in [9.17, 15) is 8.78 Å². The Kier molecular flexibility index (Phi) is 2.86. The molecule has 66 valence electrons. The van der Waals surface area contributed by atoms with Crippen LogP contribution in [0.25, 0.3) is 0 Å². The molecule has 1 unspecified atom stereocenters. The van der Waals surface area contributed by atoms with Crippen LogP contribution < -0.4 is 0 Å². The molecule has 1 rings (SSSR count). The van der Waals surface area contributed by atoms with Crippen LogP contribution in [0.3, 0.4) is 0 Å². The van der Waals surface area contributed by atoms with Crippen LogP contribution in [0.1, 0.15) is 6.42 Å². The molecule has 0 aliphatic heterocycles. The molecule has 0 fully saturated rings. The standard InChI is InChI=1S/C7H4Cl2F2S/c8-6(12)4-1-2-7(9,11)3-5(4)10/h1-2H,3H2.